The molecule has 5 heteroatoms. The summed E-state index contributed by atoms with van der Waals surface area (Å²) in [5, 5.41) is 0.445. The number of carbonyl (C=O) groups is 1. The lowest BCUT2D eigenvalue weighted by molar-refractivity contribution is -0.134. The van der Waals surface area contributed by atoms with Gasteiger partial charge in [0.1, 0.15) is 23.3 Å². The Morgan fingerprint density at radius 2 is 1.41 bits per heavy atom. The Hall–Kier alpha value is -3.34. The SMILES string of the molecule is CCCCCCCC/C=C/CCCCCCCC(=O)Oc1ccc2c(=O)c(-c3ccc(OC)cc3)coc2c1. The number of benzene rings is 2. The topological polar surface area (TPSA) is 65.7 Å². The van der Waals surface area contributed by atoms with Gasteiger partial charge >= 0.3 is 5.97 Å². The molecule has 1 aromatic heterocycles. The Bertz CT molecular complexity index is 1220. The fourth-order valence-electron chi connectivity index (χ4n) is 4.66. The largest absolute Gasteiger partial charge is 0.497 e. The molecule has 0 aliphatic rings. The predicted octanol–water partition coefficient (Wildman–Crippen LogP) is 9.41. The Kier molecular flexibility index (Phi) is 13.4. The van der Waals surface area contributed by atoms with Crippen LogP contribution in [-0.2, 0) is 4.79 Å². The molecule has 0 amide bonds. The summed E-state index contributed by atoms with van der Waals surface area (Å²) in [4.78, 5) is 25.3. The molecule has 0 fully saturated rings. The number of methoxy groups -OCH3 is 1. The number of esters is 1. The fourth-order valence-corrected chi connectivity index (χ4v) is 4.66. The van der Waals surface area contributed by atoms with Gasteiger partial charge in [0.15, 0.2) is 5.43 Å². The Morgan fingerprint density at radius 1 is 0.795 bits per heavy atom. The minimum atomic E-state index is -0.260. The van der Waals surface area contributed by atoms with E-state index >= 15 is 0 Å². The first-order valence-electron chi connectivity index (χ1n) is 14.7. The number of allylic oxidation sites excluding steroid dienone is 2. The summed E-state index contributed by atoms with van der Waals surface area (Å²) in [6, 6.07) is 12.2. The van der Waals surface area contributed by atoms with Crippen molar-refractivity contribution in [3.8, 4) is 22.6 Å². The number of rotatable bonds is 18. The third-order valence-electron chi connectivity index (χ3n) is 7.02. The van der Waals surface area contributed by atoms with E-state index in [1.54, 1.807) is 37.4 Å². The van der Waals surface area contributed by atoms with E-state index in [1.807, 2.05) is 12.1 Å². The van der Waals surface area contributed by atoms with Crippen molar-refractivity contribution in [2.24, 2.45) is 0 Å². The van der Waals surface area contributed by atoms with Gasteiger partial charge in [-0.25, -0.2) is 0 Å². The molecule has 210 valence electrons. The van der Waals surface area contributed by atoms with Crippen molar-refractivity contribution in [3.63, 3.8) is 0 Å². The second kappa shape index (κ2) is 17.3. The molecule has 0 N–H and O–H groups in total. The smallest absolute Gasteiger partial charge is 0.311 e. The van der Waals surface area contributed by atoms with Crippen molar-refractivity contribution in [1.29, 1.82) is 0 Å². The van der Waals surface area contributed by atoms with Gasteiger partial charge in [-0.3, -0.25) is 9.59 Å². The van der Waals surface area contributed by atoms with Gasteiger partial charge in [-0.1, -0.05) is 82.6 Å². The molecule has 2 aromatic carbocycles. The standard InChI is InChI=1S/C34H44O5/c1-3-4-5-6-7-8-9-10-11-12-13-14-15-16-17-18-33(35)39-29-23-24-30-32(25-29)38-26-31(34(30)36)27-19-21-28(37-2)22-20-27/h10-11,19-26H,3-9,12-18H2,1-2H3/b11-10+. The minimum absolute atomic E-state index is 0.132. The number of unbranched alkanes of at least 4 members (excludes halogenated alkanes) is 11. The summed E-state index contributed by atoms with van der Waals surface area (Å²) >= 11 is 0. The van der Waals surface area contributed by atoms with Crippen LogP contribution in [0.25, 0.3) is 22.1 Å². The zero-order chi connectivity index (χ0) is 27.7. The molecule has 0 aliphatic carbocycles. The van der Waals surface area contributed by atoms with E-state index in [2.05, 4.69) is 19.1 Å². The van der Waals surface area contributed by atoms with Crippen molar-refractivity contribution >= 4 is 16.9 Å². The first-order valence-corrected chi connectivity index (χ1v) is 14.7. The second-order valence-electron chi connectivity index (χ2n) is 10.2. The molecule has 39 heavy (non-hydrogen) atoms. The molecule has 0 unspecified atom stereocenters. The van der Waals surface area contributed by atoms with Crippen molar-refractivity contribution in [2.75, 3.05) is 7.11 Å². The van der Waals surface area contributed by atoms with Crippen LogP contribution in [0.1, 0.15) is 96.8 Å². The third kappa shape index (κ3) is 10.4. The average molecular weight is 533 g/mol. The van der Waals surface area contributed by atoms with E-state index in [4.69, 9.17) is 13.9 Å². The lowest BCUT2D eigenvalue weighted by atomic mass is 10.1. The van der Waals surface area contributed by atoms with E-state index in [9.17, 15) is 9.59 Å². The quantitative estimate of drug-likeness (QED) is 0.0706. The zero-order valence-corrected chi connectivity index (χ0v) is 23.7. The molecule has 0 aliphatic heterocycles. The van der Waals surface area contributed by atoms with E-state index < -0.39 is 0 Å². The first-order chi connectivity index (χ1) is 19.1. The van der Waals surface area contributed by atoms with Crippen molar-refractivity contribution in [3.05, 3.63) is 71.1 Å². The summed E-state index contributed by atoms with van der Waals surface area (Å²) in [5.74, 6) is 0.849. The van der Waals surface area contributed by atoms with E-state index in [-0.39, 0.29) is 11.4 Å². The number of hydrogen-bond acceptors (Lipinski definition) is 5. The summed E-state index contributed by atoms with van der Waals surface area (Å²) in [5.41, 5.74) is 1.48. The average Bonchev–Trinajstić information content (AvgIpc) is 2.95. The number of ether oxygens (including phenoxy) is 2. The van der Waals surface area contributed by atoms with Gasteiger partial charge in [-0.2, -0.15) is 0 Å². The van der Waals surface area contributed by atoms with E-state index in [1.165, 1.54) is 64.1 Å². The highest BCUT2D eigenvalue weighted by Gasteiger charge is 2.12. The maximum absolute atomic E-state index is 13.0. The number of carbonyl (C=O) groups excluding carboxylic acids is 1. The molecule has 3 aromatic rings. The van der Waals surface area contributed by atoms with Crippen LogP contribution in [0, 0.1) is 0 Å². The molecular formula is C34H44O5. The Labute approximate surface area is 233 Å². The molecule has 0 atom stereocenters. The first kappa shape index (κ1) is 30.2. The van der Waals surface area contributed by atoms with Crippen LogP contribution in [-0.4, -0.2) is 13.1 Å². The van der Waals surface area contributed by atoms with Gasteiger partial charge in [0.25, 0.3) is 0 Å². The Balaban J connectivity index is 1.32. The predicted molar refractivity (Wildman–Crippen MR) is 160 cm³/mol. The van der Waals surface area contributed by atoms with Gasteiger partial charge in [0.05, 0.1) is 18.1 Å². The molecule has 0 saturated heterocycles. The summed E-state index contributed by atoms with van der Waals surface area (Å²) in [7, 11) is 1.60. The molecule has 0 saturated carbocycles. The van der Waals surface area contributed by atoms with E-state index in [0.29, 0.717) is 28.7 Å². The van der Waals surface area contributed by atoms with Crippen LogP contribution in [0.2, 0.25) is 0 Å². The highest BCUT2D eigenvalue weighted by Crippen LogP contribution is 2.25. The van der Waals surface area contributed by atoms with Gasteiger partial charge in [-0.15, -0.1) is 0 Å². The van der Waals surface area contributed by atoms with Gasteiger partial charge in [0.2, 0.25) is 0 Å². The summed E-state index contributed by atoms with van der Waals surface area (Å²) < 4.78 is 16.4. The maximum Gasteiger partial charge on any atom is 0.311 e. The highest BCUT2D eigenvalue weighted by molar-refractivity contribution is 5.83. The molecular weight excluding hydrogens is 488 g/mol. The molecule has 0 spiro atoms. The minimum Gasteiger partial charge on any atom is -0.497 e. The van der Waals surface area contributed by atoms with Crippen LogP contribution < -0.4 is 14.9 Å². The lowest BCUT2D eigenvalue weighted by Crippen LogP contribution is -2.08. The molecule has 5 nitrogen and oxygen atoms in total. The zero-order valence-electron chi connectivity index (χ0n) is 23.7. The Morgan fingerprint density at radius 3 is 2.08 bits per heavy atom. The molecule has 1 heterocycles. The fraction of sp³-hybridized carbons (Fsp3) is 0.471. The van der Waals surface area contributed by atoms with E-state index in [0.717, 1.165) is 37.0 Å². The van der Waals surface area contributed by atoms with Crippen LogP contribution in [0.3, 0.4) is 0 Å². The van der Waals surface area contributed by atoms with Crippen LogP contribution in [0.4, 0.5) is 0 Å². The van der Waals surface area contributed by atoms with Gasteiger partial charge in [0, 0.05) is 12.5 Å². The number of hydrogen-bond donors (Lipinski definition) is 0. The van der Waals surface area contributed by atoms with Crippen LogP contribution in [0.5, 0.6) is 11.5 Å². The molecule has 3 rings (SSSR count). The van der Waals surface area contributed by atoms with Gasteiger partial charge < -0.3 is 13.9 Å². The van der Waals surface area contributed by atoms with Crippen molar-refractivity contribution < 1.29 is 18.7 Å². The molecule has 0 radical (unpaired) electrons. The molecule has 0 bridgehead atoms. The third-order valence-corrected chi connectivity index (χ3v) is 7.02. The van der Waals surface area contributed by atoms with Crippen molar-refractivity contribution in [1.82, 2.24) is 0 Å². The highest BCUT2D eigenvalue weighted by atomic mass is 16.5. The second-order valence-corrected chi connectivity index (χ2v) is 10.2. The number of fused-ring (bicyclic) bond motifs is 1. The van der Waals surface area contributed by atoms with Crippen molar-refractivity contribution in [2.45, 2.75) is 96.8 Å². The summed E-state index contributed by atoms with van der Waals surface area (Å²) in [6.07, 6.45) is 22.4. The maximum atomic E-state index is 13.0. The normalized spacial score (nSPS) is 11.3. The lowest BCUT2D eigenvalue weighted by Gasteiger charge is -2.07. The summed E-state index contributed by atoms with van der Waals surface area (Å²) in [6.45, 7) is 2.26. The van der Waals surface area contributed by atoms with Gasteiger partial charge in [-0.05, 0) is 61.9 Å². The van der Waals surface area contributed by atoms with Crippen LogP contribution >= 0.6 is 0 Å². The van der Waals surface area contributed by atoms with Crippen LogP contribution in [0.15, 0.2) is 70.1 Å². The monoisotopic (exact) mass is 532 g/mol.